The second-order valence-corrected chi connectivity index (χ2v) is 3.41. The van der Waals surface area contributed by atoms with Gasteiger partial charge < -0.3 is 15.8 Å². The molecular formula is C11H16F2N2O. The largest absolute Gasteiger partial charge is 0.383 e. The van der Waals surface area contributed by atoms with Crippen molar-refractivity contribution in [3.05, 3.63) is 35.4 Å². The Bertz CT molecular complexity index is 334. The molecule has 5 heteroatoms. The molecule has 16 heavy (non-hydrogen) atoms. The highest BCUT2D eigenvalue weighted by Crippen LogP contribution is 2.15. The van der Waals surface area contributed by atoms with Crippen LogP contribution < -0.4 is 11.1 Å². The SMILES string of the molecule is COCCNC(CN)c1ccc(F)c(F)c1. The van der Waals surface area contributed by atoms with Crippen LogP contribution in [0.1, 0.15) is 11.6 Å². The Labute approximate surface area is 93.6 Å². The van der Waals surface area contributed by atoms with Gasteiger partial charge in [0.2, 0.25) is 0 Å². The lowest BCUT2D eigenvalue weighted by molar-refractivity contribution is 0.196. The van der Waals surface area contributed by atoms with Gasteiger partial charge in [0, 0.05) is 26.2 Å². The number of halogens is 2. The number of nitrogens with two attached hydrogens (primary N) is 1. The van der Waals surface area contributed by atoms with E-state index in [1.165, 1.54) is 6.07 Å². The molecule has 0 amide bonds. The van der Waals surface area contributed by atoms with Gasteiger partial charge in [0.15, 0.2) is 11.6 Å². The zero-order valence-corrected chi connectivity index (χ0v) is 9.17. The first kappa shape index (κ1) is 13.0. The molecule has 0 saturated carbocycles. The maximum absolute atomic E-state index is 13.0. The molecule has 1 rings (SSSR count). The summed E-state index contributed by atoms with van der Waals surface area (Å²) in [5, 5.41) is 3.09. The Hall–Kier alpha value is -1.04. The van der Waals surface area contributed by atoms with Crippen LogP contribution in [0, 0.1) is 11.6 Å². The van der Waals surface area contributed by atoms with E-state index < -0.39 is 11.6 Å². The highest BCUT2D eigenvalue weighted by Gasteiger charge is 2.11. The lowest BCUT2D eigenvalue weighted by Gasteiger charge is -2.17. The van der Waals surface area contributed by atoms with Gasteiger partial charge >= 0.3 is 0 Å². The van der Waals surface area contributed by atoms with Crippen LogP contribution in [0.25, 0.3) is 0 Å². The Morgan fingerprint density at radius 2 is 2.12 bits per heavy atom. The first-order valence-corrected chi connectivity index (χ1v) is 5.06. The molecule has 0 bridgehead atoms. The number of ether oxygens (including phenoxy) is 1. The molecule has 90 valence electrons. The average molecular weight is 230 g/mol. The molecular weight excluding hydrogens is 214 g/mol. The number of rotatable bonds is 6. The zero-order chi connectivity index (χ0) is 12.0. The standard InChI is InChI=1S/C11H16F2N2O/c1-16-5-4-15-11(7-14)8-2-3-9(12)10(13)6-8/h2-3,6,11,15H,4-5,7,14H2,1H3. The van der Waals surface area contributed by atoms with E-state index in [-0.39, 0.29) is 6.04 Å². The van der Waals surface area contributed by atoms with Gasteiger partial charge in [-0.15, -0.1) is 0 Å². The molecule has 1 aromatic rings. The van der Waals surface area contributed by atoms with Crippen molar-refractivity contribution >= 4 is 0 Å². The minimum Gasteiger partial charge on any atom is -0.383 e. The maximum atomic E-state index is 13.0. The molecule has 1 unspecified atom stereocenters. The number of nitrogens with one attached hydrogen (secondary N) is 1. The molecule has 0 saturated heterocycles. The molecule has 0 aliphatic heterocycles. The number of benzene rings is 1. The Morgan fingerprint density at radius 1 is 1.38 bits per heavy atom. The first-order chi connectivity index (χ1) is 7.69. The van der Waals surface area contributed by atoms with Gasteiger partial charge in [-0.1, -0.05) is 6.07 Å². The van der Waals surface area contributed by atoms with E-state index in [1.54, 1.807) is 7.11 Å². The quantitative estimate of drug-likeness (QED) is 0.722. The summed E-state index contributed by atoms with van der Waals surface area (Å²) in [7, 11) is 1.59. The van der Waals surface area contributed by atoms with Crippen molar-refractivity contribution in [1.29, 1.82) is 0 Å². The Balaban J connectivity index is 2.67. The van der Waals surface area contributed by atoms with E-state index in [2.05, 4.69) is 5.32 Å². The van der Waals surface area contributed by atoms with Crippen LogP contribution in [0.15, 0.2) is 18.2 Å². The summed E-state index contributed by atoms with van der Waals surface area (Å²) >= 11 is 0. The molecule has 0 aliphatic carbocycles. The lowest BCUT2D eigenvalue weighted by atomic mass is 10.1. The third-order valence-electron chi connectivity index (χ3n) is 2.28. The molecule has 0 aliphatic rings. The normalized spacial score (nSPS) is 12.8. The molecule has 0 spiro atoms. The summed E-state index contributed by atoms with van der Waals surface area (Å²) in [5.41, 5.74) is 6.19. The average Bonchev–Trinajstić information content (AvgIpc) is 2.29. The fourth-order valence-corrected chi connectivity index (χ4v) is 1.40. The van der Waals surface area contributed by atoms with Crippen molar-refractivity contribution in [2.75, 3.05) is 26.8 Å². The van der Waals surface area contributed by atoms with Gasteiger partial charge in [0.25, 0.3) is 0 Å². The number of hydrogen-bond acceptors (Lipinski definition) is 3. The number of hydrogen-bond donors (Lipinski definition) is 2. The van der Waals surface area contributed by atoms with E-state index in [1.807, 2.05) is 0 Å². The van der Waals surface area contributed by atoms with Gasteiger partial charge in [-0.05, 0) is 17.7 Å². The van der Waals surface area contributed by atoms with Crippen LogP contribution in [0.5, 0.6) is 0 Å². The van der Waals surface area contributed by atoms with Crippen molar-refractivity contribution in [3.63, 3.8) is 0 Å². The second kappa shape index (κ2) is 6.52. The summed E-state index contributed by atoms with van der Waals surface area (Å²) in [5.74, 6) is -1.71. The molecule has 0 heterocycles. The summed E-state index contributed by atoms with van der Waals surface area (Å²) in [4.78, 5) is 0. The maximum Gasteiger partial charge on any atom is 0.159 e. The number of methoxy groups -OCH3 is 1. The predicted molar refractivity (Wildman–Crippen MR) is 58.0 cm³/mol. The van der Waals surface area contributed by atoms with Crippen LogP contribution in [-0.4, -0.2) is 26.8 Å². The van der Waals surface area contributed by atoms with Crippen molar-refractivity contribution in [3.8, 4) is 0 Å². The molecule has 0 fully saturated rings. The van der Waals surface area contributed by atoms with Gasteiger partial charge in [-0.3, -0.25) is 0 Å². The van der Waals surface area contributed by atoms with Crippen LogP contribution in [0.3, 0.4) is 0 Å². The molecule has 3 nitrogen and oxygen atoms in total. The summed E-state index contributed by atoms with van der Waals surface area (Å²) < 4.78 is 30.6. The van der Waals surface area contributed by atoms with Crippen LogP contribution in [0.4, 0.5) is 8.78 Å². The first-order valence-electron chi connectivity index (χ1n) is 5.06. The van der Waals surface area contributed by atoms with E-state index in [4.69, 9.17) is 10.5 Å². The summed E-state index contributed by atoms with van der Waals surface area (Å²) in [6, 6.07) is 3.60. The molecule has 1 aromatic carbocycles. The molecule has 0 aromatic heterocycles. The van der Waals surface area contributed by atoms with Crippen molar-refractivity contribution < 1.29 is 13.5 Å². The molecule has 0 radical (unpaired) electrons. The van der Waals surface area contributed by atoms with E-state index in [0.717, 1.165) is 12.1 Å². The highest BCUT2D eigenvalue weighted by atomic mass is 19.2. The van der Waals surface area contributed by atoms with E-state index in [0.29, 0.717) is 25.3 Å². The summed E-state index contributed by atoms with van der Waals surface area (Å²) in [6.07, 6.45) is 0. The minimum atomic E-state index is -0.857. The Kier molecular flexibility index (Phi) is 5.31. The lowest BCUT2D eigenvalue weighted by Crippen LogP contribution is -2.30. The van der Waals surface area contributed by atoms with Crippen molar-refractivity contribution in [2.45, 2.75) is 6.04 Å². The van der Waals surface area contributed by atoms with Gasteiger partial charge in [-0.25, -0.2) is 8.78 Å². The van der Waals surface area contributed by atoms with Crippen molar-refractivity contribution in [1.82, 2.24) is 5.32 Å². The highest BCUT2D eigenvalue weighted by molar-refractivity contribution is 5.21. The smallest absolute Gasteiger partial charge is 0.159 e. The van der Waals surface area contributed by atoms with Gasteiger partial charge in [0.1, 0.15) is 0 Å². The Morgan fingerprint density at radius 3 is 2.69 bits per heavy atom. The van der Waals surface area contributed by atoms with Crippen LogP contribution >= 0.6 is 0 Å². The monoisotopic (exact) mass is 230 g/mol. The fraction of sp³-hybridized carbons (Fsp3) is 0.455. The second-order valence-electron chi connectivity index (χ2n) is 3.41. The molecule has 3 N–H and O–H groups in total. The van der Waals surface area contributed by atoms with E-state index in [9.17, 15) is 8.78 Å². The third kappa shape index (κ3) is 3.52. The van der Waals surface area contributed by atoms with E-state index >= 15 is 0 Å². The predicted octanol–water partition coefficient (Wildman–Crippen LogP) is 1.20. The summed E-state index contributed by atoms with van der Waals surface area (Å²) in [6.45, 7) is 1.46. The van der Waals surface area contributed by atoms with Gasteiger partial charge in [0.05, 0.1) is 6.61 Å². The fourth-order valence-electron chi connectivity index (χ4n) is 1.40. The van der Waals surface area contributed by atoms with Crippen molar-refractivity contribution in [2.24, 2.45) is 5.73 Å². The third-order valence-corrected chi connectivity index (χ3v) is 2.28. The molecule has 1 atom stereocenters. The van der Waals surface area contributed by atoms with Crippen LogP contribution in [0.2, 0.25) is 0 Å². The minimum absolute atomic E-state index is 0.190. The zero-order valence-electron chi connectivity index (χ0n) is 9.17. The van der Waals surface area contributed by atoms with Crippen LogP contribution in [-0.2, 0) is 4.74 Å². The topological polar surface area (TPSA) is 47.3 Å². The van der Waals surface area contributed by atoms with Gasteiger partial charge in [-0.2, -0.15) is 0 Å².